The number of rotatable bonds is 4. The molecule has 0 aliphatic carbocycles. The molecule has 2 heterocycles. The molecule has 2 aliphatic rings. The molecule has 2 fully saturated rings. The third-order valence-corrected chi connectivity index (χ3v) is 5.27. The number of hydrogen-bond acceptors (Lipinski definition) is 5. The molecular weight excluding hydrogens is 377 g/mol. The van der Waals surface area contributed by atoms with E-state index in [4.69, 9.17) is 4.74 Å². The maximum Gasteiger partial charge on any atom is 0.295 e. The lowest BCUT2D eigenvalue weighted by atomic mass is 9.95. The molecule has 1 amide bonds. The predicted octanol–water partition coefficient (Wildman–Crippen LogP) is 3.13. The van der Waals surface area contributed by atoms with Gasteiger partial charge in [-0.05, 0) is 54.8 Å². The molecule has 6 nitrogen and oxygen atoms in total. The number of aromatic hydroxyl groups is 1. The lowest BCUT2D eigenvalue weighted by molar-refractivity contribution is -0.140. The van der Waals surface area contributed by atoms with Gasteiger partial charge < -0.3 is 19.8 Å². The second-order valence-electron chi connectivity index (χ2n) is 7.19. The molecule has 2 aromatic carbocycles. The van der Waals surface area contributed by atoms with Crippen molar-refractivity contribution in [3.05, 3.63) is 71.0 Å². The Hall–Kier alpha value is -3.19. The number of halogens is 1. The number of hydrogen-bond donors (Lipinski definition) is 2. The highest BCUT2D eigenvalue weighted by atomic mass is 19.1. The largest absolute Gasteiger partial charge is 0.508 e. The van der Waals surface area contributed by atoms with Crippen molar-refractivity contribution in [3.63, 3.8) is 0 Å². The number of likely N-dealkylation sites (tertiary alicyclic amines) is 1. The summed E-state index contributed by atoms with van der Waals surface area (Å²) < 4.78 is 18.9. The van der Waals surface area contributed by atoms with Crippen LogP contribution in [0, 0.1) is 5.82 Å². The van der Waals surface area contributed by atoms with Crippen molar-refractivity contribution < 1.29 is 28.9 Å². The Balaban J connectivity index is 1.83. The highest BCUT2D eigenvalue weighted by Gasteiger charge is 2.47. The van der Waals surface area contributed by atoms with E-state index >= 15 is 0 Å². The van der Waals surface area contributed by atoms with Crippen molar-refractivity contribution in [1.82, 2.24) is 4.90 Å². The fourth-order valence-electron chi connectivity index (χ4n) is 3.88. The van der Waals surface area contributed by atoms with Crippen LogP contribution in [0.1, 0.15) is 30.0 Å². The average Bonchev–Trinajstić information content (AvgIpc) is 3.30. The first-order valence-electron chi connectivity index (χ1n) is 9.40. The van der Waals surface area contributed by atoms with Gasteiger partial charge in [-0.3, -0.25) is 9.59 Å². The number of benzene rings is 2. The topological polar surface area (TPSA) is 87.1 Å². The summed E-state index contributed by atoms with van der Waals surface area (Å²) in [5.41, 5.74) is 0.628. The molecule has 2 unspecified atom stereocenters. The van der Waals surface area contributed by atoms with E-state index in [1.165, 1.54) is 41.3 Å². The molecule has 2 aliphatic heterocycles. The molecule has 0 bridgehead atoms. The van der Waals surface area contributed by atoms with Crippen LogP contribution in [0.2, 0.25) is 0 Å². The van der Waals surface area contributed by atoms with Crippen LogP contribution in [0.3, 0.4) is 0 Å². The summed E-state index contributed by atoms with van der Waals surface area (Å²) in [5, 5.41) is 20.8. The van der Waals surface area contributed by atoms with E-state index in [0.717, 1.165) is 12.8 Å². The lowest BCUT2D eigenvalue weighted by Gasteiger charge is -2.27. The van der Waals surface area contributed by atoms with Gasteiger partial charge in [0.1, 0.15) is 17.3 Å². The van der Waals surface area contributed by atoms with E-state index in [9.17, 15) is 24.2 Å². The first-order valence-corrected chi connectivity index (χ1v) is 9.40. The molecule has 7 heteroatoms. The molecule has 4 rings (SSSR count). The van der Waals surface area contributed by atoms with Crippen molar-refractivity contribution in [2.24, 2.45) is 0 Å². The zero-order chi connectivity index (χ0) is 20.5. The maximum atomic E-state index is 13.3. The van der Waals surface area contributed by atoms with E-state index in [-0.39, 0.29) is 35.3 Å². The van der Waals surface area contributed by atoms with Crippen LogP contribution < -0.4 is 0 Å². The number of ketones is 1. The van der Waals surface area contributed by atoms with Crippen LogP contribution in [0.15, 0.2) is 54.1 Å². The third-order valence-electron chi connectivity index (χ3n) is 5.27. The van der Waals surface area contributed by atoms with Gasteiger partial charge in [-0.15, -0.1) is 0 Å². The molecule has 0 aromatic heterocycles. The van der Waals surface area contributed by atoms with E-state index in [1.807, 2.05) is 0 Å². The zero-order valence-corrected chi connectivity index (χ0v) is 15.5. The van der Waals surface area contributed by atoms with E-state index in [1.54, 1.807) is 12.1 Å². The minimum Gasteiger partial charge on any atom is -0.508 e. The molecule has 29 heavy (non-hydrogen) atoms. The Bertz CT molecular complexity index is 979. The quantitative estimate of drug-likeness (QED) is 0.470. The lowest BCUT2D eigenvalue weighted by Crippen LogP contribution is -2.36. The molecule has 0 saturated carbocycles. The van der Waals surface area contributed by atoms with Gasteiger partial charge in [-0.1, -0.05) is 12.1 Å². The third kappa shape index (κ3) is 3.61. The molecule has 2 saturated heterocycles. The van der Waals surface area contributed by atoms with Crippen molar-refractivity contribution in [3.8, 4) is 5.75 Å². The van der Waals surface area contributed by atoms with Gasteiger partial charge in [-0.25, -0.2) is 4.39 Å². The van der Waals surface area contributed by atoms with Gasteiger partial charge in [0.15, 0.2) is 0 Å². The Morgan fingerprint density at radius 3 is 2.59 bits per heavy atom. The molecule has 0 spiro atoms. The van der Waals surface area contributed by atoms with Crippen LogP contribution in [0.5, 0.6) is 5.75 Å². The van der Waals surface area contributed by atoms with Crippen molar-refractivity contribution in [2.45, 2.75) is 25.0 Å². The van der Waals surface area contributed by atoms with Crippen LogP contribution >= 0.6 is 0 Å². The number of aliphatic hydroxyl groups excluding tert-OH is 1. The zero-order valence-electron chi connectivity index (χ0n) is 15.5. The number of carbonyl (C=O) groups excluding carboxylic acids is 2. The van der Waals surface area contributed by atoms with Gasteiger partial charge in [0.25, 0.3) is 11.7 Å². The fraction of sp³-hybridized carbons (Fsp3) is 0.273. The Morgan fingerprint density at radius 1 is 1.17 bits per heavy atom. The predicted molar refractivity (Wildman–Crippen MR) is 102 cm³/mol. The van der Waals surface area contributed by atoms with Gasteiger partial charge in [0.2, 0.25) is 0 Å². The minimum atomic E-state index is -0.878. The first-order chi connectivity index (χ1) is 14.0. The monoisotopic (exact) mass is 397 g/mol. The summed E-state index contributed by atoms with van der Waals surface area (Å²) in [6, 6.07) is 10.4. The van der Waals surface area contributed by atoms with E-state index in [2.05, 4.69) is 0 Å². The first kappa shape index (κ1) is 19.1. The second-order valence-corrected chi connectivity index (χ2v) is 7.19. The van der Waals surface area contributed by atoms with Gasteiger partial charge in [0.05, 0.1) is 17.7 Å². The number of nitrogens with zero attached hydrogens (tertiary/aromatic N) is 1. The molecule has 2 aromatic rings. The van der Waals surface area contributed by atoms with Gasteiger partial charge >= 0.3 is 0 Å². The summed E-state index contributed by atoms with van der Waals surface area (Å²) in [5.74, 6) is -2.45. The average molecular weight is 397 g/mol. The van der Waals surface area contributed by atoms with Crippen molar-refractivity contribution in [2.75, 3.05) is 13.2 Å². The number of amides is 1. The van der Waals surface area contributed by atoms with Crippen LogP contribution in [-0.4, -0.2) is 46.1 Å². The fourth-order valence-corrected chi connectivity index (χ4v) is 3.88. The van der Waals surface area contributed by atoms with Crippen LogP contribution in [0.4, 0.5) is 4.39 Å². The maximum absolute atomic E-state index is 13.3. The van der Waals surface area contributed by atoms with E-state index in [0.29, 0.717) is 12.2 Å². The summed E-state index contributed by atoms with van der Waals surface area (Å²) in [4.78, 5) is 27.0. The Kier molecular flexibility index (Phi) is 5.07. The molecule has 2 atom stereocenters. The van der Waals surface area contributed by atoms with Crippen molar-refractivity contribution >= 4 is 17.4 Å². The normalized spacial score (nSPS) is 23.7. The van der Waals surface area contributed by atoms with Crippen LogP contribution in [0.25, 0.3) is 5.76 Å². The Morgan fingerprint density at radius 2 is 1.93 bits per heavy atom. The summed E-state index contributed by atoms with van der Waals surface area (Å²) in [6.45, 7) is 0.798. The molecule has 150 valence electrons. The van der Waals surface area contributed by atoms with Crippen LogP contribution in [-0.2, 0) is 14.3 Å². The number of phenolic OH excluding ortho intramolecular Hbond substituents is 1. The van der Waals surface area contributed by atoms with Gasteiger partial charge in [0, 0.05) is 18.7 Å². The number of ether oxygens (including phenoxy) is 1. The minimum absolute atomic E-state index is 0.0213. The summed E-state index contributed by atoms with van der Waals surface area (Å²) >= 11 is 0. The van der Waals surface area contributed by atoms with E-state index < -0.39 is 23.5 Å². The number of phenols is 1. The molecular formula is C22H20FNO5. The smallest absolute Gasteiger partial charge is 0.295 e. The SMILES string of the molecule is O=C1C(=O)N(CC2CCCO2)C(c2cccc(O)c2)/C1=C(\O)c1ccc(F)cc1. The standard InChI is InChI=1S/C22H20FNO5/c23-15-8-6-13(7-9-15)20(26)18-19(14-3-1-4-16(25)11-14)24(22(28)21(18)27)12-17-5-2-10-29-17/h1,3-4,6-9,11,17,19,25-26H,2,5,10,12H2/b20-18+. The highest BCUT2D eigenvalue weighted by Crippen LogP contribution is 2.40. The molecule has 0 radical (unpaired) electrons. The number of Topliss-reactive ketones (excluding diaryl/α,β-unsaturated/α-hetero) is 1. The Labute approximate surface area is 166 Å². The second kappa shape index (κ2) is 7.67. The number of aliphatic hydroxyl groups is 1. The molecule has 2 N–H and O–H groups in total. The van der Waals surface area contributed by atoms with Gasteiger partial charge in [-0.2, -0.15) is 0 Å². The summed E-state index contributed by atoms with van der Waals surface area (Å²) in [7, 11) is 0. The number of carbonyl (C=O) groups is 2. The highest BCUT2D eigenvalue weighted by molar-refractivity contribution is 6.46. The summed E-state index contributed by atoms with van der Waals surface area (Å²) in [6.07, 6.45) is 1.45. The van der Waals surface area contributed by atoms with Crippen molar-refractivity contribution in [1.29, 1.82) is 0 Å².